The number of Topliss-reactive ketones (excluding diaryl/α,β-unsaturated/α-hetero) is 1. The van der Waals surface area contributed by atoms with Crippen LogP contribution in [-0.2, 0) is 4.74 Å². The number of rotatable bonds is 6. The smallest absolute Gasteiger partial charge is 0.164 e. The molecule has 4 nitrogen and oxygen atoms in total. The van der Waals surface area contributed by atoms with E-state index in [1.165, 1.54) is 24.3 Å². The quantitative estimate of drug-likeness (QED) is 0.814. The predicted molar refractivity (Wildman–Crippen MR) is 77.8 cm³/mol. The normalized spacial score (nSPS) is 17.9. The van der Waals surface area contributed by atoms with Crippen LogP contribution < -0.4 is 0 Å². The summed E-state index contributed by atoms with van der Waals surface area (Å²) >= 11 is 0. The molecule has 0 unspecified atom stereocenters. The van der Waals surface area contributed by atoms with Crippen LogP contribution in [0.4, 0.5) is 4.39 Å². The monoisotopic (exact) mass is 295 g/mol. The third-order valence-corrected chi connectivity index (χ3v) is 3.87. The number of carbonyl (C=O) groups is 1. The Bertz CT molecular complexity index is 469. The number of ether oxygens (including phenoxy) is 1. The van der Waals surface area contributed by atoms with Gasteiger partial charge < -0.3 is 14.7 Å². The first-order valence-electron chi connectivity index (χ1n) is 7.26. The van der Waals surface area contributed by atoms with E-state index in [1.807, 2.05) is 11.9 Å². The molecule has 0 spiro atoms. The van der Waals surface area contributed by atoms with E-state index >= 15 is 0 Å². The molecule has 1 N–H and O–H groups in total. The van der Waals surface area contributed by atoms with E-state index in [9.17, 15) is 14.3 Å². The maximum Gasteiger partial charge on any atom is 0.164 e. The average molecular weight is 295 g/mol. The lowest BCUT2D eigenvalue weighted by Crippen LogP contribution is -2.46. The number of hydrogen-bond donors (Lipinski definition) is 1. The summed E-state index contributed by atoms with van der Waals surface area (Å²) < 4.78 is 18.1. The lowest BCUT2D eigenvalue weighted by atomic mass is 9.94. The van der Waals surface area contributed by atoms with Gasteiger partial charge >= 0.3 is 0 Å². The molecule has 21 heavy (non-hydrogen) atoms. The maximum atomic E-state index is 12.8. The number of halogens is 1. The van der Waals surface area contributed by atoms with Crippen LogP contribution in [0.5, 0.6) is 0 Å². The van der Waals surface area contributed by atoms with Gasteiger partial charge in [0.1, 0.15) is 5.82 Å². The molecule has 1 heterocycles. The van der Waals surface area contributed by atoms with E-state index in [1.54, 1.807) is 0 Å². The first kappa shape index (κ1) is 16.1. The van der Waals surface area contributed by atoms with E-state index in [2.05, 4.69) is 0 Å². The fourth-order valence-electron chi connectivity index (χ4n) is 2.56. The van der Waals surface area contributed by atoms with Crippen LogP contribution in [0.15, 0.2) is 24.3 Å². The Morgan fingerprint density at radius 2 is 1.95 bits per heavy atom. The molecule has 0 bridgehead atoms. The fourth-order valence-corrected chi connectivity index (χ4v) is 2.56. The van der Waals surface area contributed by atoms with E-state index in [0.717, 1.165) is 0 Å². The van der Waals surface area contributed by atoms with Gasteiger partial charge in [-0.2, -0.15) is 0 Å². The number of ketones is 1. The van der Waals surface area contributed by atoms with Gasteiger partial charge in [-0.05, 0) is 31.3 Å². The molecule has 1 aromatic carbocycles. The lowest BCUT2D eigenvalue weighted by molar-refractivity contribution is -0.0767. The Morgan fingerprint density at radius 1 is 1.33 bits per heavy atom. The summed E-state index contributed by atoms with van der Waals surface area (Å²) in [5.74, 6) is -0.355. The summed E-state index contributed by atoms with van der Waals surface area (Å²) in [6.45, 7) is 2.27. The second-order valence-electron chi connectivity index (χ2n) is 5.75. The Balaban J connectivity index is 1.79. The minimum atomic E-state index is -0.716. The van der Waals surface area contributed by atoms with E-state index in [4.69, 9.17) is 4.74 Å². The molecule has 116 valence electrons. The van der Waals surface area contributed by atoms with Crippen molar-refractivity contribution in [2.45, 2.75) is 24.9 Å². The van der Waals surface area contributed by atoms with Gasteiger partial charge in [0.2, 0.25) is 0 Å². The zero-order chi connectivity index (χ0) is 15.3. The molecule has 0 amide bonds. The minimum absolute atomic E-state index is 0.0131. The molecule has 0 aromatic heterocycles. The molecule has 0 radical (unpaired) electrons. The molecule has 1 saturated heterocycles. The number of likely N-dealkylation sites (N-methyl/N-ethyl adjacent to an activating group) is 1. The van der Waals surface area contributed by atoms with Crippen molar-refractivity contribution in [2.24, 2.45) is 0 Å². The number of nitrogens with zero attached hydrogens (tertiary/aromatic N) is 1. The summed E-state index contributed by atoms with van der Waals surface area (Å²) in [7, 11) is 1.89. The van der Waals surface area contributed by atoms with Crippen molar-refractivity contribution in [1.82, 2.24) is 4.90 Å². The molecule has 1 aliphatic heterocycles. The minimum Gasteiger partial charge on any atom is -0.388 e. The Morgan fingerprint density at radius 3 is 2.57 bits per heavy atom. The molecule has 1 aromatic rings. The molecule has 1 aliphatic rings. The lowest BCUT2D eigenvalue weighted by Gasteiger charge is -2.35. The SMILES string of the molecule is CN(CCC(=O)c1ccc(F)cc1)CC1(O)CCOCC1. The number of aliphatic hydroxyl groups is 1. The van der Waals surface area contributed by atoms with E-state index < -0.39 is 5.60 Å². The number of benzene rings is 1. The largest absolute Gasteiger partial charge is 0.388 e. The highest BCUT2D eigenvalue weighted by molar-refractivity contribution is 5.96. The third kappa shape index (κ3) is 4.88. The second-order valence-corrected chi connectivity index (χ2v) is 5.75. The predicted octanol–water partition coefficient (Wildman–Crippen LogP) is 1.87. The molecule has 0 saturated carbocycles. The zero-order valence-corrected chi connectivity index (χ0v) is 12.3. The second kappa shape index (κ2) is 7.11. The van der Waals surface area contributed by atoms with Crippen LogP contribution in [0.1, 0.15) is 29.6 Å². The van der Waals surface area contributed by atoms with Crippen LogP contribution >= 0.6 is 0 Å². The topological polar surface area (TPSA) is 49.8 Å². The summed E-state index contributed by atoms with van der Waals surface area (Å²) in [4.78, 5) is 14.0. The molecule has 0 aliphatic carbocycles. The van der Waals surface area contributed by atoms with Crippen LogP contribution in [0, 0.1) is 5.82 Å². The highest BCUT2D eigenvalue weighted by Gasteiger charge is 2.30. The van der Waals surface area contributed by atoms with Crippen LogP contribution in [0.2, 0.25) is 0 Å². The summed E-state index contributed by atoms with van der Waals surface area (Å²) in [6.07, 6.45) is 1.61. The van der Waals surface area contributed by atoms with E-state index in [0.29, 0.717) is 51.1 Å². The first-order valence-corrected chi connectivity index (χ1v) is 7.26. The highest BCUT2D eigenvalue weighted by Crippen LogP contribution is 2.21. The van der Waals surface area contributed by atoms with Gasteiger partial charge in [-0.15, -0.1) is 0 Å². The molecular weight excluding hydrogens is 273 g/mol. The Labute approximate surface area is 124 Å². The highest BCUT2D eigenvalue weighted by atomic mass is 19.1. The summed E-state index contributed by atoms with van der Waals surface area (Å²) in [5.41, 5.74) is -0.194. The average Bonchev–Trinajstić information content (AvgIpc) is 2.46. The van der Waals surface area contributed by atoms with Gasteiger partial charge in [0.25, 0.3) is 0 Å². The van der Waals surface area contributed by atoms with Crippen molar-refractivity contribution >= 4 is 5.78 Å². The Hall–Kier alpha value is -1.30. The van der Waals surface area contributed by atoms with E-state index in [-0.39, 0.29) is 11.6 Å². The summed E-state index contributed by atoms with van der Waals surface area (Å²) in [5, 5.41) is 10.4. The molecule has 1 fully saturated rings. The first-order chi connectivity index (χ1) is 9.98. The van der Waals surface area contributed by atoms with Crippen LogP contribution in [-0.4, -0.2) is 54.7 Å². The van der Waals surface area contributed by atoms with Gasteiger partial charge in [0, 0.05) is 51.1 Å². The third-order valence-electron chi connectivity index (χ3n) is 3.87. The maximum absolute atomic E-state index is 12.8. The van der Waals surface area contributed by atoms with Crippen molar-refractivity contribution in [3.63, 3.8) is 0 Å². The molecule has 5 heteroatoms. The van der Waals surface area contributed by atoms with Crippen molar-refractivity contribution in [2.75, 3.05) is 33.4 Å². The van der Waals surface area contributed by atoms with Crippen molar-refractivity contribution in [3.05, 3.63) is 35.6 Å². The molecule has 2 rings (SSSR count). The van der Waals surface area contributed by atoms with Gasteiger partial charge in [-0.3, -0.25) is 4.79 Å². The fraction of sp³-hybridized carbons (Fsp3) is 0.562. The number of carbonyl (C=O) groups excluding carboxylic acids is 1. The molecule has 0 atom stereocenters. The van der Waals surface area contributed by atoms with Gasteiger partial charge in [-0.25, -0.2) is 4.39 Å². The van der Waals surface area contributed by atoms with Crippen LogP contribution in [0.3, 0.4) is 0 Å². The standard InChI is InChI=1S/C16H22FNO3/c1-18(12-16(20)7-10-21-11-8-16)9-6-15(19)13-2-4-14(17)5-3-13/h2-5,20H,6-12H2,1H3. The van der Waals surface area contributed by atoms with Gasteiger partial charge in [0.15, 0.2) is 5.78 Å². The van der Waals surface area contributed by atoms with Crippen molar-refractivity contribution in [3.8, 4) is 0 Å². The van der Waals surface area contributed by atoms with Crippen molar-refractivity contribution in [1.29, 1.82) is 0 Å². The Kier molecular flexibility index (Phi) is 5.45. The molecular formula is C16H22FNO3. The van der Waals surface area contributed by atoms with Gasteiger partial charge in [-0.1, -0.05) is 0 Å². The van der Waals surface area contributed by atoms with Crippen LogP contribution in [0.25, 0.3) is 0 Å². The summed E-state index contributed by atoms with van der Waals surface area (Å²) in [6, 6.07) is 5.59. The van der Waals surface area contributed by atoms with Gasteiger partial charge in [0.05, 0.1) is 5.60 Å². The van der Waals surface area contributed by atoms with Crippen molar-refractivity contribution < 1.29 is 19.0 Å². The number of hydrogen-bond acceptors (Lipinski definition) is 4. The zero-order valence-electron chi connectivity index (χ0n) is 12.3.